The van der Waals surface area contributed by atoms with Crippen LogP contribution in [0.2, 0.25) is 0 Å². The van der Waals surface area contributed by atoms with Crippen molar-refractivity contribution >= 4 is 23.4 Å². The van der Waals surface area contributed by atoms with Crippen molar-refractivity contribution in [2.45, 2.75) is 30.7 Å². The molecule has 3 rings (SSSR count). The van der Waals surface area contributed by atoms with Gasteiger partial charge in [-0.3, -0.25) is 9.36 Å². The molecule has 1 N–H and O–H groups in total. The number of anilines is 1. The Morgan fingerprint density at radius 3 is 2.67 bits per heavy atom. The number of rotatable bonds is 7. The summed E-state index contributed by atoms with van der Waals surface area (Å²) in [4.78, 5) is 12.5. The summed E-state index contributed by atoms with van der Waals surface area (Å²) in [5.74, 6) is 0.631. The van der Waals surface area contributed by atoms with Crippen LogP contribution in [0.4, 0.5) is 5.69 Å². The third-order valence-corrected chi connectivity index (χ3v) is 5.20. The fraction of sp³-hybridized carbons (Fsp3) is 0.250. The average molecular weight is 382 g/mol. The number of methoxy groups -OCH3 is 1. The van der Waals surface area contributed by atoms with Crippen molar-refractivity contribution < 1.29 is 9.53 Å². The zero-order valence-electron chi connectivity index (χ0n) is 15.5. The summed E-state index contributed by atoms with van der Waals surface area (Å²) in [6.45, 7) is 3.95. The van der Waals surface area contributed by atoms with Crippen molar-refractivity contribution in [1.29, 1.82) is 0 Å². The second-order valence-electron chi connectivity index (χ2n) is 5.96. The monoisotopic (exact) mass is 382 g/mol. The van der Waals surface area contributed by atoms with Crippen LogP contribution in [-0.2, 0) is 11.2 Å². The van der Waals surface area contributed by atoms with Crippen LogP contribution < -0.4 is 10.1 Å². The van der Waals surface area contributed by atoms with E-state index in [1.54, 1.807) is 13.4 Å². The van der Waals surface area contributed by atoms with Crippen LogP contribution in [0, 0.1) is 0 Å². The summed E-state index contributed by atoms with van der Waals surface area (Å²) in [7, 11) is 1.62. The van der Waals surface area contributed by atoms with E-state index >= 15 is 0 Å². The van der Waals surface area contributed by atoms with Crippen molar-refractivity contribution in [2.24, 2.45) is 0 Å². The van der Waals surface area contributed by atoms with Gasteiger partial charge in [-0.1, -0.05) is 43.0 Å². The highest BCUT2D eigenvalue weighted by atomic mass is 32.2. The van der Waals surface area contributed by atoms with Gasteiger partial charge in [0, 0.05) is 5.69 Å². The topological polar surface area (TPSA) is 69.0 Å². The Morgan fingerprint density at radius 2 is 1.96 bits per heavy atom. The molecule has 0 unspecified atom stereocenters. The Hall–Kier alpha value is -2.80. The first-order valence-electron chi connectivity index (χ1n) is 8.72. The summed E-state index contributed by atoms with van der Waals surface area (Å²) in [6.07, 6.45) is 2.59. The van der Waals surface area contributed by atoms with Crippen LogP contribution in [0.25, 0.3) is 5.69 Å². The Balaban J connectivity index is 1.72. The maximum Gasteiger partial charge on any atom is 0.237 e. The lowest BCUT2D eigenvalue weighted by Crippen LogP contribution is -2.22. The van der Waals surface area contributed by atoms with E-state index in [0.29, 0.717) is 10.9 Å². The number of nitrogens with one attached hydrogen (secondary N) is 1. The van der Waals surface area contributed by atoms with Gasteiger partial charge >= 0.3 is 0 Å². The molecule has 0 radical (unpaired) electrons. The summed E-state index contributed by atoms with van der Waals surface area (Å²) in [5.41, 5.74) is 2.85. The third-order valence-electron chi connectivity index (χ3n) is 4.14. The molecule has 3 aromatic rings. The van der Waals surface area contributed by atoms with Gasteiger partial charge in [-0.25, -0.2) is 0 Å². The van der Waals surface area contributed by atoms with E-state index in [-0.39, 0.29) is 11.2 Å². The number of aryl methyl sites for hydroxylation is 1. The quantitative estimate of drug-likeness (QED) is 0.627. The van der Waals surface area contributed by atoms with Gasteiger partial charge in [0.05, 0.1) is 18.0 Å². The number of hydrogen-bond acceptors (Lipinski definition) is 5. The van der Waals surface area contributed by atoms with Crippen LogP contribution in [0.1, 0.15) is 19.4 Å². The maximum atomic E-state index is 12.5. The Bertz CT molecular complexity index is 908. The Labute approximate surface area is 163 Å². The summed E-state index contributed by atoms with van der Waals surface area (Å²) in [5, 5.41) is 11.4. The number of carbonyl (C=O) groups is 1. The minimum Gasteiger partial charge on any atom is -0.495 e. The van der Waals surface area contributed by atoms with E-state index in [4.69, 9.17) is 4.74 Å². The van der Waals surface area contributed by atoms with E-state index in [1.807, 2.05) is 60.0 Å². The molecule has 0 saturated carbocycles. The van der Waals surface area contributed by atoms with E-state index in [0.717, 1.165) is 17.8 Å². The SMILES string of the molecule is CCc1ccc(NC(=O)[C@H](C)Sc2nncn2-c2ccccc2OC)cc1. The molecule has 0 spiro atoms. The number of aromatic nitrogens is 3. The smallest absolute Gasteiger partial charge is 0.237 e. The Kier molecular flexibility index (Phi) is 6.13. The highest BCUT2D eigenvalue weighted by molar-refractivity contribution is 8.00. The predicted octanol–water partition coefficient (Wildman–Crippen LogP) is 3.96. The number of hydrogen-bond donors (Lipinski definition) is 1. The second kappa shape index (κ2) is 8.73. The van der Waals surface area contributed by atoms with E-state index in [1.165, 1.54) is 17.3 Å². The number of para-hydroxylation sites is 2. The highest BCUT2D eigenvalue weighted by Gasteiger charge is 2.19. The van der Waals surface area contributed by atoms with Crippen LogP contribution in [0.3, 0.4) is 0 Å². The highest BCUT2D eigenvalue weighted by Crippen LogP contribution is 2.29. The lowest BCUT2D eigenvalue weighted by molar-refractivity contribution is -0.115. The van der Waals surface area contributed by atoms with Crippen molar-refractivity contribution in [1.82, 2.24) is 14.8 Å². The third kappa shape index (κ3) is 4.49. The minimum absolute atomic E-state index is 0.0844. The van der Waals surface area contributed by atoms with E-state index in [2.05, 4.69) is 22.4 Å². The van der Waals surface area contributed by atoms with Crippen LogP contribution in [-0.4, -0.2) is 33.0 Å². The minimum atomic E-state index is -0.339. The van der Waals surface area contributed by atoms with Gasteiger partial charge in [-0.2, -0.15) is 0 Å². The molecule has 0 saturated heterocycles. The van der Waals surface area contributed by atoms with Crippen molar-refractivity contribution in [3.05, 3.63) is 60.4 Å². The molecule has 0 aliphatic carbocycles. The summed E-state index contributed by atoms with van der Waals surface area (Å²) in [6, 6.07) is 15.5. The van der Waals surface area contributed by atoms with Gasteiger partial charge in [0.1, 0.15) is 12.1 Å². The molecule has 2 aromatic carbocycles. The zero-order valence-corrected chi connectivity index (χ0v) is 16.4. The normalized spacial score (nSPS) is 11.8. The van der Waals surface area contributed by atoms with E-state index < -0.39 is 0 Å². The molecule has 0 aliphatic heterocycles. The summed E-state index contributed by atoms with van der Waals surface area (Å²) < 4.78 is 7.23. The predicted molar refractivity (Wildman–Crippen MR) is 108 cm³/mol. The van der Waals surface area contributed by atoms with Gasteiger partial charge < -0.3 is 10.1 Å². The number of carbonyl (C=O) groups excluding carboxylic acids is 1. The largest absolute Gasteiger partial charge is 0.495 e. The lowest BCUT2D eigenvalue weighted by Gasteiger charge is -2.14. The molecule has 6 nitrogen and oxygen atoms in total. The van der Waals surface area contributed by atoms with Crippen molar-refractivity contribution in [3.63, 3.8) is 0 Å². The number of benzene rings is 2. The molecule has 7 heteroatoms. The zero-order chi connectivity index (χ0) is 19.2. The van der Waals surface area contributed by atoms with Crippen molar-refractivity contribution in [2.75, 3.05) is 12.4 Å². The van der Waals surface area contributed by atoms with Gasteiger partial charge in [-0.15, -0.1) is 10.2 Å². The molecule has 1 heterocycles. The molecular formula is C20H22N4O2S. The van der Waals surface area contributed by atoms with Crippen LogP contribution in [0.15, 0.2) is 60.0 Å². The number of ether oxygens (including phenoxy) is 1. The average Bonchev–Trinajstić information content (AvgIpc) is 3.16. The first-order valence-corrected chi connectivity index (χ1v) is 9.60. The fourth-order valence-corrected chi connectivity index (χ4v) is 3.41. The van der Waals surface area contributed by atoms with E-state index in [9.17, 15) is 4.79 Å². The molecule has 27 heavy (non-hydrogen) atoms. The maximum absolute atomic E-state index is 12.5. The van der Waals surface area contributed by atoms with Crippen molar-refractivity contribution in [3.8, 4) is 11.4 Å². The van der Waals surface area contributed by atoms with Gasteiger partial charge in [0.25, 0.3) is 0 Å². The standard InChI is InChI=1S/C20H22N4O2S/c1-4-15-9-11-16(12-10-15)22-19(25)14(2)27-20-23-21-13-24(20)17-7-5-6-8-18(17)26-3/h5-14H,4H2,1-3H3,(H,22,25)/t14-/m0/s1. The molecule has 1 aromatic heterocycles. The Morgan fingerprint density at radius 1 is 1.22 bits per heavy atom. The molecule has 140 valence electrons. The number of thioether (sulfide) groups is 1. The van der Waals surface area contributed by atoms with Gasteiger partial charge in [0.2, 0.25) is 5.91 Å². The van der Waals surface area contributed by atoms with Gasteiger partial charge in [0.15, 0.2) is 5.16 Å². The van der Waals surface area contributed by atoms with Crippen LogP contribution >= 0.6 is 11.8 Å². The first-order chi connectivity index (χ1) is 13.1. The fourth-order valence-electron chi connectivity index (χ4n) is 2.58. The first kappa shape index (κ1) is 19.0. The van der Waals surface area contributed by atoms with Gasteiger partial charge in [-0.05, 0) is 43.2 Å². The molecular weight excluding hydrogens is 360 g/mol. The molecule has 0 bridgehead atoms. The number of nitrogens with zero attached hydrogens (tertiary/aromatic N) is 3. The lowest BCUT2D eigenvalue weighted by atomic mass is 10.1. The molecule has 0 aliphatic rings. The summed E-state index contributed by atoms with van der Waals surface area (Å²) >= 11 is 1.35. The molecule has 1 atom stereocenters. The molecule has 0 fully saturated rings. The van der Waals surface area contributed by atoms with Crippen LogP contribution in [0.5, 0.6) is 5.75 Å². The molecule has 1 amide bonds. The number of amides is 1. The second-order valence-corrected chi connectivity index (χ2v) is 7.26.